The van der Waals surface area contributed by atoms with E-state index in [1.807, 2.05) is 0 Å². The van der Waals surface area contributed by atoms with Gasteiger partial charge < -0.3 is 20.2 Å². The predicted octanol–water partition coefficient (Wildman–Crippen LogP) is 3.08. The van der Waals surface area contributed by atoms with E-state index in [1.54, 1.807) is 6.33 Å². The monoisotopic (exact) mass is 461 g/mol. The van der Waals surface area contributed by atoms with Crippen LogP contribution in [0.2, 0.25) is 0 Å². The molecule has 1 saturated carbocycles. The van der Waals surface area contributed by atoms with Crippen LogP contribution in [0.3, 0.4) is 0 Å². The Kier molecular flexibility index (Phi) is 5.77. The molecule has 0 bridgehead atoms. The second-order valence-corrected chi connectivity index (χ2v) is 10.6. The highest BCUT2D eigenvalue weighted by Crippen LogP contribution is 2.43. The largest absolute Gasteiger partial charge is 0.387 e. The summed E-state index contributed by atoms with van der Waals surface area (Å²) in [5.41, 5.74) is 4.42. The third kappa shape index (κ3) is 3.99. The Bertz CT molecular complexity index is 1040. The van der Waals surface area contributed by atoms with Gasteiger partial charge in [0.1, 0.15) is 12.1 Å². The van der Waals surface area contributed by atoms with Crippen LogP contribution in [0.5, 0.6) is 0 Å². The molecule has 2 saturated heterocycles. The van der Waals surface area contributed by atoms with Gasteiger partial charge in [-0.05, 0) is 61.6 Å². The van der Waals surface area contributed by atoms with E-state index < -0.39 is 6.10 Å². The van der Waals surface area contributed by atoms with Crippen molar-refractivity contribution in [3.63, 3.8) is 0 Å². The average molecular weight is 462 g/mol. The van der Waals surface area contributed by atoms with Gasteiger partial charge in [0.2, 0.25) is 5.91 Å². The van der Waals surface area contributed by atoms with Crippen LogP contribution in [0, 0.1) is 0 Å². The Labute approximate surface area is 201 Å². The number of fused-ring (bicyclic) bond motifs is 1. The number of nitrogens with zero attached hydrogens (tertiary/aromatic N) is 4. The van der Waals surface area contributed by atoms with E-state index in [1.165, 1.54) is 18.4 Å². The van der Waals surface area contributed by atoms with Gasteiger partial charge >= 0.3 is 0 Å². The molecule has 6 rings (SSSR count). The van der Waals surface area contributed by atoms with E-state index in [9.17, 15) is 9.90 Å². The Morgan fingerprint density at radius 2 is 1.85 bits per heavy atom. The molecule has 0 unspecified atom stereocenters. The van der Waals surface area contributed by atoms with Crippen LogP contribution < -0.4 is 10.2 Å². The lowest BCUT2D eigenvalue weighted by atomic mass is 9.88. The molecule has 1 aromatic carbocycles. The van der Waals surface area contributed by atoms with Crippen molar-refractivity contribution >= 4 is 11.7 Å². The molecule has 34 heavy (non-hydrogen) atoms. The molecule has 180 valence electrons. The molecular formula is C27H35N5O2. The lowest BCUT2D eigenvalue weighted by Gasteiger charge is -2.39. The predicted molar refractivity (Wildman–Crippen MR) is 131 cm³/mol. The van der Waals surface area contributed by atoms with Crippen LogP contribution in [0.15, 0.2) is 30.6 Å². The zero-order valence-electron chi connectivity index (χ0n) is 20.0. The lowest BCUT2D eigenvalue weighted by molar-refractivity contribution is -0.133. The van der Waals surface area contributed by atoms with Gasteiger partial charge in [0.25, 0.3) is 0 Å². The molecule has 3 fully saturated rings. The Hall–Kier alpha value is -2.51. The highest BCUT2D eigenvalue weighted by atomic mass is 16.3. The Morgan fingerprint density at radius 3 is 2.53 bits per heavy atom. The molecule has 2 aliphatic heterocycles. The first kappa shape index (κ1) is 22.0. The number of piperazine rings is 1. The number of aromatic nitrogens is 2. The minimum atomic E-state index is -0.499. The highest BCUT2D eigenvalue weighted by Gasteiger charge is 2.38. The Balaban J connectivity index is 1.18. The molecule has 4 atom stereocenters. The van der Waals surface area contributed by atoms with E-state index >= 15 is 0 Å². The standard InChI is InChI=1S/C27H35N5O2/c1-17-15-22(33)25-23(17)26(30-16-29-25)31-11-13-32(14-12-31)27(34)24(21-3-2-10-28-21)20-8-6-19(7-9-20)18-4-5-18/h6-9,16-18,21-22,24,28,33H,2-5,10-15H2,1H3/t17-,21+,22-,24+/m1/s1. The van der Waals surface area contributed by atoms with Gasteiger partial charge in [0.05, 0.1) is 17.7 Å². The topological polar surface area (TPSA) is 81.6 Å². The van der Waals surface area contributed by atoms with Crippen LogP contribution >= 0.6 is 0 Å². The fourth-order valence-corrected chi connectivity index (χ4v) is 6.22. The van der Waals surface area contributed by atoms with E-state index in [4.69, 9.17) is 0 Å². The Morgan fingerprint density at radius 1 is 1.09 bits per heavy atom. The zero-order valence-corrected chi connectivity index (χ0v) is 20.0. The maximum Gasteiger partial charge on any atom is 0.231 e. The summed E-state index contributed by atoms with van der Waals surface area (Å²) in [6.07, 6.45) is 6.54. The van der Waals surface area contributed by atoms with Crippen molar-refractivity contribution in [3.8, 4) is 0 Å². The first-order valence-corrected chi connectivity index (χ1v) is 13.0. The molecule has 0 radical (unpaired) electrons. The van der Waals surface area contributed by atoms with E-state index in [2.05, 4.69) is 56.3 Å². The van der Waals surface area contributed by atoms with Crippen molar-refractivity contribution in [1.82, 2.24) is 20.2 Å². The minimum absolute atomic E-state index is 0.124. The fraction of sp³-hybridized carbons (Fsp3) is 0.593. The number of anilines is 1. The molecular weight excluding hydrogens is 426 g/mol. The number of carbonyl (C=O) groups is 1. The third-order valence-corrected chi connectivity index (χ3v) is 8.28. The summed E-state index contributed by atoms with van der Waals surface area (Å²) in [7, 11) is 0. The number of nitrogens with one attached hydrogen (secondary N) is 1. The number of aliphatic hydroxyl groups is 1. The van der Waals surface area contributed by atoms with Crippen molar-refractivity contribution < 1.29 is 9.90 Å². The van der Waals surface area contributed by atoms with Gasteiger partial charge in [-0.15, -0.1) is 0 Å². The summed E-state index contributed by atoms with van der Waals surface area (Å²) < 4.78 is 0. The maximum atomic E-state index is 13.9. The summed E-state index contributed by atoms with van der Waals surface area (Å²) >= 11 is 0. The second kappa shape index (κ2) is 8.93. The molecule has 0 spiro atoms. The minimum Gasteiger partial charge on any atom is -0.387 e. The van der Waals surface area contributed by atoms with Crippen LogP contribution in [0.4, 0.5) is 5.82 Å². The van der Waals surface area contributed by atoms with E-state index in [0.29, 0.717) is 19.5 Å². The van der Waals surface area contributed by atoms with Gasteiger partial charge in [-0.25, -0.2) is 9.97 Å². The SMILES string of the molecule is C[C@@H]1C[C@@H](O)c2ncnc(N3CCN(C(=O)[C@@H](c4ccc(C5CC5)cc4)[C@@H]4CCCN4)CC3)c21. The molecule has 3 heterocycles. The molecule has 2 aliphatic carbocycles. The van der Waals surface area contributed by atoms with Gasteiger partial charge in [-0.1, -0.05) is 31.2 Å². The number of hydrogen-bond donors (Lipinski definition) is 2. The fourth-order valence-electron chi connectivity index (χ4n) is 6.22. The molecule has 7 nitrogen and oxygen atoms in total. The van der Waals surface area contributed by atoms with Crippen LogP contribution in [-0.2, 0) is 4.79 Å². The van der Waals surface area contributed by atoms with Crippen molar-refractivity contribution in [2.45, 2.75) is 68.9 Å². The number of benzene rings is 1. The first-order valence-electron chi connectivity index (χ1n) is 13.0. The number of aliphatic hydroxyl groups excluding tert-OH is 1. The summed E-state index contributed by atoms with van der Waals surface area (Å²) in [5.74, 6) is 2.03. The molecule has 2 N–H and O–H groups in total. The molecule has 7 heteroatoms. The van der Waals surface area contributed by atoms with Gasteiger partial charge in [-0.3, -0.25) is 4.79 Å². The molecule has 1 aromatic heterocycles. The second-order valence-electron chi connectivity index (χ2n) is 10.6. The van der Waals surface area contributed by atoms with Gasteiger partial charge in [0, 0.05) is 37.8 Å². The summed E-state index contributed by atoms with van der Waals surface area (Å²) in [6, 6.07) is 9.09. The average Bonchev–Trinajstić information content (AvgIpc) is 3.50. The molecule has 4 aliphatic rings. The highest BCUT2D eigenvalue weighted by molar-refractivity contribution is 5.85. The van der Waals surface area contributed by atoms with Crippen LogP contribution in [0.25, 0.3) is 0 Å². The van der Waals surface area contributed by atoms with Gasteiger partial charge in [0.15, 0.2) is 0 Å². The van der Waals surface area contributed by atoms with Crippen molar-refractivity contribution in [2.75, 3.05) is 37.6 Å². The smallest absolute Gasteiger partial charge is 0.231 e. The zero-order chi connectivity index (χ0) is 23.2. The number of hydrogen-bond acceptors (Lipinski definition) is 6. The maximum absolute atomic E-state index is 13.9. The van der Waals surface area contributed by atoms with E-state index in [0.717, 1.165) is 61.0 Å². The summed E-state index contributed by atoms with van der Waals surface area (Å²) in [4.78, 5) is 27.1. The van der Waals surface area contributed by atoms with Crippen molar-refractivity contribution in [3.05, 3.63) is 53.0 Å². The van der Waals surface area contributed by atoms with Gasteiger partial charge in [-0.2, -0.15) is 0 Å². The number of carbonyl (C=O) groups excluding carboxylic acids is 1. The van der Waals surface area contributed by atoms with Crippen LogP contribution in [-0.4, -0.2) is 64.6 Å². The normalized spacial score (nSPS) is 27.6. The third-order valence-electron chi connectivity index (χ3n) is 8.28. The summed E-state index contributed by atoms with van der Waals surface area (Å²) in [5, 5.41) is 13.9. The first-order chi connectivity index (χ1) is 16.6. The van der Waals surface area contributed by atoms with Crippen molar-refractivity contribution in [1.29, 1.82) is 0 Å². The number of rotatable bonds is 5. The van der Waals surface area contributed by atoms with Crippen molar-refractivity contribution in [2.24, 2.45) is 0 Å². The van der Waals surface area contributed by atoms with E-state index in [-0.39, 0.29) is 23.8 Å². The lowest BCUT2D eigenvalue weighted by Crippen LogP contribution is -2.52. The quantitative estimate of drug-likeness (QED) is 0.712. The summed E-state index contributed by atoms with van der Waals surface area (Å²) in [6.45, 7) is 6.02. The molecule has 1 amide bonds. The number of amides is 1. The molecule has 2 aromatic rings. The van der Waals surface area contributed by atoms with Crippen LogP contribution in [0.1, 0.15) is 85.3 Å².